The molecule has 2 aromatic heterocycles. The van der Waals surface area contributed by atoms with Crippen LogP contribution in [-0.2, 0) is 0 Å². The number of hydrogen-bond donors (Lipinski definition) is 2. The van der Waals surface area contributed by atoms with E-state index in [0.29, 0.717) is 10.6 Å². The van der Waals surface area contributed by atoms with Gasteiger partial charge in [0, 0.05) is 11.9 Å². The van der Waals surface area contributed by atoms with Crippen molar-refractivity contribution in [1.82, 2.24) is 14.8 Å². The number of para-hydroxylation sites is 1. The van der Waals surface area contributed by atoms with E-state index in [1.807, 2.05) is 48.7 Å². The van der Waals surface area contributed by atoms with E-state index in [4.69, 9.17) is 0 Å². The van der Waals surface area contributed by atoms with Crippen molar-refractivity contribution in [2.45, 2.75) is 0 Å². The van der Waals surface area contributed by atoms with Gasteiger partial charge in [-0.25, -0.2) is 4.68 Å². The van der Waals surface area contributed by atoms with E-state index in [0.717, 1.165) is 11.4 Å². The van der Waals surface area contributed by atoms with Crippen molar-refractivity contribution in [1.29, 1.82) is 0 Å². The standard InChI is InChI=1S/C15H13N3O/c1-11-14(10-12-6-5-9-16-12)15(19)18(17-11)13-7-3-2-4-8-13/h2-10,16-17H,1H2. The molecule has 3 aromatic rings. The van der Waals surface area contributed by atoms with E-state index in [1.165, 1.54) is 4.68 Å². The van der Waals surface area contributed by atoms with Crippen molar-refractivity contribution >= 4 is 12.7 Å². The lowest BCUT2D eigenvalue weighted by atomic mass is 10.3. The molecular formula is C15H13N3O. The Bertz CT molecular complexity index is 839. The van der Waals surface area contributed by atoms with Crippen LogP contribution in [-0.4, -0.2) is 14.8 Å². The summed E-state index contributed by atoms with van der Waals surface area (Å²) >= 11 is 0. The molecule has 4 heteroatoms. The monoisotopic (exact) mass is 251 g/mol. The van der Waals surface area contributed by atoms with Crippen LogP contribution in [0.3, 0.4) is 0 Å². The highest BCUT2D eigenvalue weighted by Gasteiger charge is 2.03. The molecule has 19 heavy (non-hydrogen) atoms. The third-order valence-corrected chi connectivity index (χ3v) is 2.94. The second kappa shape index (κ2) is 4.49. The maximum absolute atomic E-state index is 12.4. The highest BCUT2D eigenvalue weighted by atomic mass is 16.1. The zero-order valence-corrected chi connectivity index (χ0v) is 10.3. The molecule has 0 amide bonds. The fourth-order valence-corrected chi connectivity index (χ4v) is 1.99. The van der Waals surface area contributed by atoms with Crippen LogP contribution in [0.25, 0.3) is 18.3 Å². The maximum atomic E-state index is 12.4. The number of aromatic amines is 2. The largest absolute Gasteiger partial charge is 0.362 e. The molecule has 0 unspecified atom stereocenters. The molecule has 0 spiro atoms. The summed E-state index contributed by atoms with van der Waals surface area (Å²) < 4.78 is 1.50. The minimum absolute atomic E-state index is 0.106. The molecule has 0 saturated carbocycles. The number of H-pyrrole nitrogens is 2. The van der Waals surface area contributed by atoms with Crippen molar-refractivity contribution in [3.8, 4) is 5.69 Å². The Morgan fingerprint density at radius 1 is 1.11 bits per heavy atom. The Hall–Kier alpha value is -2.75. The van der Waals surface area contributed by atoms with Gasteiger partial charge in [-0.05, 0) is 30.3 Å². The smallest absolute Gasteiger partial charge is 0.279 e. The number of hydrogen-bond acceptors (Lipinski definition) is 1. The van der Waals surface area contributed by atoms with Crippen LogP contribution in [0, 0.1) is 0 Å². The Morgan fingerprint density at radius 2 is 1.89 bits per heavy atom. The lowest BCUT2D eigenvalue weighted by Gasteiger charge is -1.98. The molecule has 0 fully saturated rings. The highest BCUT2D eigenvalue weighted by molar-refractivity contribution is 5.45. The zero-order valence-electron chi connectivity index (χ0n) is 10.3. The Labute approximate surface area is 109 Å². The van der Waals surface area contributed by atoms with Gasteiger partial charge in [-0.15, -0.1) is 0 Å². The first kappa shape index (κ1) is 11.3. The molecule has 0 saturated heterocycles. The summed E-state index contributed by atoms with van der Waals surface area (Å²) in [6.07, 6.45) is 3.61. The molecule has 0 radical (unpaired) electrons. The number of nitrogens with one attached hydrogen (secondary N) is 2. The van der Waals surface area contributed by atoms with Crippen molar-refractivity contribution < 1.29 is 0 Å². The molecule has 1 aromatic carbocycles. The van der Waals surface area contributed by atoms with Gasteiger partial charge in [0.2, 0.25) is 0 Å². The molecule has 94 valence electrons. The predicted molar refractivity (Wildman–Crippen MR) is 75.5 cm³/mol. The van der Waals surface area contributed by atoms with Gasteiger partial charge < -0.3 is 4.98 Å². The van der Waals surface area contributed by atoms with Crippen LogP contribution in [0.15, 0.2) is 53.5 Å². The molecule has 0 aliphatic carbocycles. The number of benzene rings is 1. The average molecular weight is 251 g/mol. The van der Waals surface area contributed by atoms with Crippen molar-refractivity contribution in [3.63, 3.8) is 0 Å². The summed E-state index contributed by atoms with van der Waals surface area (Å²) in [4.78, 5) is 15.4. The molecule has 3 rings (SSSR count). The lowest BCUT2D eigenvalue weighted by Crippen LogP contribution is -2.33. The number of rotatable bonds is 2. The summed E-state index contributed by atoms with van der Waals surface area (Å²) in [6, 6.07) is 13.2. The second-order valence-electron chi connectivity index (χ2n) is 4.25. The minimum atomic E-state index is -0.106. The fourth-order valence-electron chi connectivity index (χ4n) is 1.99. The molecule has 2 N–H and O–H groups in total. The van der Waals surface area contributed by atoms with Gasteiger partial charge in [-0.3, -0.25) is 9.89 Å². The lowest BCUT2D eigenvalue weighted by molar-refractivity contribution is 0.838. The first-order valence-electron chi connectivity index (χ1n) is 5.96. The Morgan fingerprint density at radius 3 is 2.58 bits per heavy atom. The molecule has 2 heterocycles. The average Bonchev–Trinajstić information content (AvgIpc) is 3.03. The van der Waals surface area contributed by atoms with Crippen LogP contribution >= 0.6 is 0 Å². The van der Waals surface area contributed by atoms with E-state index in [2.05, 4.69) is 16.7 Å². The van der Waals surface area contributed by atoms with Gasteiger partial charge >= 0.3 is 0 Å². The van der Waals surface area contributed by atoms with Gasteiger partial charge in [0.25, 0.3) is 5.56 Å². The topological polar surface area (TPSA) is 53.6 Å². The third-order valence-electron chi connectivity index (χ3n) is 2.94. The van der Waals surface area contributed by atoms with E-state index >= 15 is 0 Å². The first-order chi connectivity index (χ1) is 9.25. The summed E-state index contributed by atoms with van der Waals surface area (Å²) in [6.45, 7) is 3.89. The van der Waals surface area contributed by atoms with Gasteiger partial charge in [0.05, 0.1) is 16.3 Å². The molecule has 4 nitrogen and oxygen atoms in total. The summed E-state index contributed by atoms with van der Waals surface area (Å²) in [7, 11) is 0. The number of nitrogens with zero attached hydrogens (tertiary/aromatic N) is 1. The van der Waals surface area contributed by atoms with Gasteiger partial charge in [0.1, 0.15) is 0 Å². The molecule has 0 aliphatic heterocycles. The van der Waals surface area contributed by atoms with Crippen molar-refractivity contribution in [2.75, 3.05) is 0 Å². The number of aromatic nitrogens is 3. The van der Waals surface area contributed by atoms with E-state index in [-0.39, 0.29) is 5.56 Å². The molecular weight excluding hydrogens is 238 g/mol. The quantitative estimate of drug-likeness (QED) is 0.693. The van der Waals surface area contributed by atoms with Gasteiger partial charge in [-0.1, -0.05) is 24.8 Å². The molecule has 0 bridgehead atoms. The normalized spacial score (nSPS) is 11.9. The van der Waals surface area contributed by atoms with Crippen LogP contribution in [0.1, 0.15) is 5.69 Å². The van der Waals surface area contributed by atoms with Crippen LogP contribution in [0.5, 0.6) is 0 Å². The molecule has 0 atom stereocenters. The van der Waals surface area contributed by atoms with Gasteiger partial charge in [0.15, 0.2) is 0 Å². The van der Waals surface area contributed by atoms with Crippen LogP contribution < -0.4 is 16.1 Å². The highest BCUT2D eigenvalue weighted by Crippen LogP contribution is 1.99. The van der Waals surface area contributed by atoms with E-state index < -0.39 is 0 Å². The maximum Gasteiger partial charge on any atom is 0.279 e. The van der Waals surface area contributed by atoms with Crippen LogP contribution in [0.2, 0.25) is 0 Å². The summed E-state index contributed by atoms with van der Waals surface area (Å²) in [5, 5.41) is 4.15. The van der Waals surface area contributed by atoms with Gasteiger partial charge in [-0.2, -0.15) is 0 Å². The second-order valence-corrected chi connectivity index (χ2v) is 4.25. The fraction of sp³-hybridized carbons (Fsp3) is 0. The first-order valence-corrected chi connectivity index (χ1v) is 5.96. The van der Waals surface area contributed by atoms with Crippen molar-refractivity contribution in [3.05, 3.63) is 75.3 Å². The van der Waals surface area contributed by atoms with E-state index in [1.54, 1.807) is 6.08 Å². The van der Waals surface area contributed by atoms with Crippen molar-refractivity contribution in [2.24, 2.45) is 0 Å². The minimum Gasteiger partial charge on any atom is -0.362 e. The van der Waals surface area contributed by atoms with E-state index in [9.17, 15) is 4.79 Å². The summed E-state index contributed by atoms with van der Waals surface area (Å²) in [5.74, 6) is 0. The summed E-state index contributed by atoms with van der Waals surface area (Å²) in [5.41, 5.74) is 1.57. The predicted octanol–water partition coefficient (Wildman–Crippen LogP) is 0.733. The third kappa shape index (κ3) is 2.04. The van der Waals surface area contributed by atoms with Crippen LogP contribution in [0.4, 0.5) is 0 Å². The Balaban J connectivity index is 2.23. The SMILES string of the molecule is C=c1[nH]n(-c2ccccc2)c(=O)c1=Cc1ccc[nH]1. The zero-order chi connectivity index (χ0) is 13.2. The molecule has 0 aliphatic rings. The Kier molecular flexibility index (Phi) is 2.68.